The van der Waals surface area contributed by atoms with Gasteiger partial charge in [-0.1, -0.05) is 358 Å². The molecule has 18 heteroatoms. The lowest BCUT2D eigenvalue weighted by Crippen LogP contribution is -2.30. The van der Waals surface area contributed by atoms with E-state index >= 15 is 0 Å². The number of unbranched alkanes of at least 4 members (excludes halogenated alkanes) is 34. The number of hydrogen-bond donors (Lipinski definition) is 4. The van der Waals surface area contributed by atoms with Gasteiger partial charge in [0.15, 0.2) is 6.10 Å². The lowest BCUT2D eigenvalue weighted by molar-refractivity contribution is -0.161. The molecule has 0 aliphatic heterocycles. The fourth-order valence-electron chi connectivity index (χ4n) is 12.0. The third-order valence-corrected chi connectivity index (χ3v) is 20.8. The smallest absolute Gasteiger partial charge is 0.463 e. The van der Waals surface area contributed by atoms with Crippen LogP contribution in [0.5, 0.6) is 0 Å². The first kappa shape index (κ1) is 110. The second-order valence-electron chi connectivity index (χ2n) is 30.0. The van der Waals surface area contributed by atoms with Crippen LogP contribution in [0.25, 0.3) is 0 Å². The van der Waals surface area contributed by atoms with Gasteiger partial charge in [0.25, 0.3) is 0 Å². The Hall–Kier alpha value is -5.09. The van der Waals surface area contributed by atoms with Gasteiger partial charge in [0.05, 0.1) is 26.4 Å². The highest BCUT2D eigenvalue weighted by Crippen LogP contribution is 2.45. The second-order valence-corrected chi connectivity index (χ2v) is 32.9. The first-order valence-corrected chi connectivity index (χ1v) is 48.4. The highest BCUT2D eigenvalue weighted by atomic mass is 31.2. The molecule has 0 rings (SSSR count). The molecule has 115 heavy (non-hydrogen) atoms. The number of phosphoric ester groups is 2. The number of rotatable bonds is 85. The van der Waals surface area contributed by atoms with E-state index in [1.165, 1.54) is 135 Å². The maximum atomic E-state index is 13.1. The summed E-state index contributed by atoms with van der Waals surface area (Å²) in [6.45, 7) is 2.51. The number of carbonyl (C=O) groups is 3. The molecule has 658 valence electrons. The molecule has 0 fully saturated rings. The largest absolute Gasteiger partial charge is 0.472 e. The van der Waals surface area contributed by atoms with Crippen LogP contribution in [0.2, 0.25) is 0 Å². The van der Waals surface area contributed by atoms with Gasteiger partial charge in [-0.2, -0.15) is 0 Å². The minimum atomic E-state index is -4.95. The van der Waals surface area contributed by atoms with Crippen LogP contribution in [0.1, 0.15) is 367 Å². The Labute approximate surface area is 701 Å². The summed E-state index contributed by atoms with van der Waals surface area (Å²) in [7, 11) is -9.82. The van der Waals surface area contributed by atoms with Gasteiger partial charge in [0.2, 0.25) is 0 Å². The molecule has 0 aliphatic carbocycles. The van der Waals surface area contributed by atoms with E-state index in [9.17, 15) is 43.5 Å². The van der Waals surface area contributed by atoms with E-state index in [1.54, 1.807) is 0 Å². The lowest BCUT2D eigenvalue weighted by Gasteiger charge is -2.21. The van der Waals surface area contributed by atoms with E-state index in [1.807, 2.05) is 0 Å². The molecule has 0 amide bonds. The van der Waals surface area contributed by atoms with E-state index < -0.39 is 91.5 Å². The number of carbonyl (C=O) groups excluding carboxylic acids is 3. The standard InChI is InChI=1S/C97H164O16P2/c1-4-7-10-13-16-19-22-25-28-31-34-37-39-41-42-43-44-45-46-47-48-50-52-54-56-59-62-65-68-71-74-77-80-83-95(100)107-86-92(98)87-109-114(103,104)110-88-93(99)89-111-115(105,106)112-91-94(113-97(102)85-82-79-76-73-70-67-64-61-58-53-36-33-30-27-24-21-18-15-12-9-6-3)90-108-96(101)84-81-78-75-72-69-66-63-60-57-55-51-49-40-38-35-32-29-26-23-20-17-14-11-8-5-2/h7,10,16-21,25-30,34-38,41-42,44-45,49,51,53,61,64,92-94,98-99H,4-6,8-9,11-15,22-24,31-33,39-40,43,46-48,50,52,54-60,62-63,65-91H2,1-3H3,(H,103,104)(H,105,106)/b10-7-,19-16-,20-17-,21-18-,28-25-,29-26-,30-27-,37-34-,38-35-,42-41-,45-44-,51-49-,53-36-,64-61-. The topological polar surface area (TPSA) is 231 Å². The first-order chi connectivity index (χ1) is 56.2. The maximum absolute atomic E-state index is 13.1. The number of allylic oxidation sites excluding steroid dienone is 28. The normalized spacial score (nSPS) is 14.6. The van der Waals surface area contributed by atoms with Crippen LogP contribution in [0.3, 0.4) is 0 Å². The Morgan fingerprint density at radius 2 is 0.461 bits per heavy atom. The Balaban J connectivity index is 4.59. The number of aliphatic hydroxyl groups excluding tert-OH is 2. The van der Waals surface area contributed by atoms with Crippen LogP contribution in [-0.4, -0.2) is 95.9 Å². The number of aliphatic hydroxyl groups is 2. The van der Waals surface area contributed by atoms with Gasteiger partial charge in [-0.05, 0) is 161 Å². The summed E-state index contributed by atoms with van der Waals surface area (Å²) in [5, 5.41) is 20.7. The zero-order valence-corrected chi connectivity index (χ0v) is 74.2. The fraction of sp³-hybridized carbons (Fsp3) is 0.680. The van der Waals surface area contributed by atoms with Gasteiger partial charge in [0, 0.05) is 19.3 Å². The molecule has 0 heterocycles. The summed E-state index contributed by atoms with van der Waals surface area (Å²) in [5.41, 5.74) is 0. The van der Waals surface area contributed by atoms with Crippen molar-refractivity contribution in [1.29, 1.82) is 0 Å². The molecule has 0 aromatic carbocycles. The quantitative estimate of drug-likeness (QED) is 0.0146. The van der Waals surface area contributed by atoms with Crippen LogP contribution in [-0.2, 0) is 55.8 Å². The Bertz CT molecular complexity index is 2770. The Kier molecular flexibility index (Phi) is 84.3. The van der Waals surface area contributed by atoms with Crippen molar-refractivity contribution in [2.24, 2.45) is 0 Å². The van der Waals surface area contributed by atoms with Crippen LogP contribution >= 0.6 is 15.6 Å². The molecule has 5 unspecified atom stereocenters. The van der Waals surface area contributed by atoms with Crippen molar-refractivity contribution in [2.45, 2.75) is 386 Å². The molecule has 0 aliphatic rings. The van der Waals surface area contributed by atoms with Gasteiger partial charge in [-0.25, -0.2) is 9.13 Å². The van der Waals surface area contributed by atoms with Crippen molar-refractivity contribution < 1.29 is 75.8 Å². The average molecular weight is 1650 g/mol. The van der Waals surface area contributed by atoms with Crippen molar-refractivity contribution >= 4 is 33.6 Å². The van der Waals surface area contributed by atoms with Crippen LogP contribution in [0.4, 0.5) is 0 Å². The molecule has 0 saturated carbocycles. The summed E-state index contributed by atoms with van der Waals surface area (Å²) in [6, 6.07) is 0. The van der Waals surface area contributed by atoms with Gasteiger partial charge in [-0.3, -0.25) is 32.5 Å². The zero-order valence-electron chi connectivity index (χ0n) is 72.4. The van der Waals surface area contributed by atoms with Gasteiger partial charge in [-0.15, -0.1) is 0 Å². The highest BCUT2D eigenvalue weighted by molar-refractivity contribution is 7.47. The average Bonchev–Trinajstić information content (AvgIpc) is 0.902. The van der Waals surface area contributed by atoms with E-state index in [2.05, 4.69) is 191 Å². The number of hydrogen-bond acceptors (Lipinski definition) is 14. The Morgan fingerprint density at radius 3 is 0.730 bits per heavy atom. The summed E-state index contributed by atoms with van der Waals surface area (Å²) in [5.74, 6) is -1.60. The van der Waals surface area contributed by atoms with E-state index in [0.717, 1.165) is 173 Å². The molecule has 16 nitrogen and oxygen atoms in total. The molecule has 0 bridgehead atoms. The number of phosphoric acid groups is 2. The predicted octanol–water partition coefficient (Wildman–Crippen LogP) is 27.9. The Morgan fingerprint density at radius 1 is 0.252 bits per heavy atom. The molecule has 4 N–H and O–H groups in total. The minimum Gasteiger partial charge on any atom is -0.463 e. The third-order valence-electron chi connectivity index (χ3n) is 18.9. The van der Waals surface area contributed by atoms with Crippen molar-refractivity contribution in [3.05, 3.63) is 170 Å². The SMILES string of the molecule is CC/C=C\C/C=C\C/C=C\C/C=C\C/C=C\C/C=C\CCCCCCCCCCCCCCCCC(=O)OCC(O)COP(=O)(O)OCC(O)COP(=O)(O)OCC(COC(=O)CCCCCCCCCCC/C=C\C/C=C\C/C=C\C/C=C\CCCCC)OC(=O)CCCCCCC/C=C\C/C=C\C/C=C\C/C=C\CCCCC. The summed E-state index contributed by atoms with van der Waals surface area (Å²) in [4.78, 5) is 59.0. The van der Waals surface area contributed by atoms with Crippen molar-refractivity contribution in [2.75, 3.05) is 39.6 Å². The lowest BCUT2D eigenvalue weighted by atomic mass is 10.0. The highest BCUT2D eigenvalue weighted by Gasteiger charge is 2.29. The first-order valence-electron chi connectivity index (χ1n) is 45.4. The van der Waals surface area contributed by atoms with Crippen LogP contribution < -0.4 is 0 Å². The summed E-state index contributed by atoms with van der Waals surface area (Å²) < 4.78 is 61.4. The van der Waals surface area contributed by atoms with Crippen molar-refractivity contribution in [3.63, 3.8) is 0 Å². The van der Waals surface area contributed by atoms with Crippen molar-refractivity contribution in [3.8, 4) is 0 Å². The number of esters is 3. The minimum absolute atomic E-state index is 0.0780. The van der Waals surface area contributed by atoms with Gasteiger partial charge < -0.3 is 34.2 Å². The van der Waals surface area contributed by atoms with E-state index in [4.69, 9.17) is 32.3 Å². The van der Waals surface area contributed by atoms with E-state index in [0.29, 0.717) is 19.3 Å². The zero-order chi connectivity index (χ0) is 83.6. The third kappa shape index (κ3) is 89.5. The van der Waals surface area contributed by atoms with Gasteiger partial charge >= 0.3 is 33.6 Å². The molecule has 5 atom stereocenters. The molecule has 0 saturated heterocycles. The van der Waals surface area contributed by atoms with Gasteiger partial charge in [0.1, 0.15) is 25.4 Å². The molecule has 0 aromatic rings. The molecular weight excluding hydrogens is 1480 g/mol. The summed E-state index contributed by atoms with van der Waals surface area (Å²) >= 11 is 0. The second kappa shape index (κ2) is 88.2. The fourth-order valence-corrected chi connectivity index (χ4v) is 13.6. The molecule has 0 spiro atoms. The predicted molar refractivity (Wildman–Crippen MR) is 482 cm³/mol. The van der Waals surface area contributed by atoms with Crippen LogP contribution in [0, 0.1) is 0 Å². The summed E-state index contributed by atoms with van der Waals surface area (Å²) in [6.07, 6.45) is 114. The maximum Gasteiger partial charge on any atom is 0.472 e. The molecular formula is C97H164O16P2. The molecule has 0 radical (unpaired) electrons. The van der Waals surface area contributed by atoms with E-state index in [-0.39, 0.29) is 19.3 Å². The van der Waals surface area contributed by atoms with Crippen LogP contribution in [0.15, 0.2) is 170 Å². The number of ether oxygens (including phenoxy) is 3. The monoisotopic (exact) mass is 1650 g/mol. The van der Waals surface area contributed by atoms with Crippen molar-refractivity contribution in [1.82, 2.24) is 0 Å². The molecule has 0 aromatic heterocycles.